The fourth-order valence-corrected chi connectivity index (χ4v) is 5.75. The van der Waals surface area contributed by atoms with Gasteiger partial charge in [0.1, 0.15) is 0 Å². The van der Waals surface area contributed by atoms with Gasteiger partial charge in [-0.2, -0.15) is 0 Å². The van der Waals surface area contributed by atoms with E-state index in [9.17, 15) is 0 Å². The molecule has 0 amide bonds. The van der Waals surface area contributed by atoms with E-state index in [1.807, 2.05) is 0 Å². The second-order valence-corrected chi connectivity index (χ2v) is 17.4. The lowest BCUT2D eigenvalue weighted by atomic mass is 10.5. The monoisotopic (exact) mass is 246 g/mol. The fourth-order valence-electron chi connectivity index (χ4n) is 2.02. The third-order valence-electron chi connectivity index (χ3n) is 3.00. The molecule has 2 atom stereocenters. The minimum atomic E-state index is -1.14. The number of hydrogen-bond acceptors (Lipinski definition) is 1. The molecule has 0 aliphatic carbocycles. The molecule has 0 aromatic heterocycles. The molecule has 92 valence electrons. The van der Waals surface area contributed by atoms with Gasteiger partial charge < -0.3 is 4.74 Å². The summed E-state index contributed by atoms with van der Waals surface area (Å²) in [5, 5.41) is 0. The van der Waals surface area contributed by atoms with Gasteiger partial charge >= 0.3 is 0 Å². The molecule has 0 heterocycles. The van der Waals surface area contributed by atoms with E-state index < -0.39 is 16.1 Å². The molecule has 2 unspecified atom stereocenters. The van der Waals surface area contributed by atoms with Crippen LogP contribution in [0.5, 0.6) is 0 Å². The van der Waals surface area contributed by atoms with Crippen molar-refractivity contribution in [2.45, 2.75) is 77.4 Å². The van der Waals surface area contributed by atoms with E-state index in [2.05, 4.69) is 53.1 Å². The van der Waals surface area contributed by atoms with E-state index in [1.165, 1.54) is 12.8 Å². The molecule has 0 aliphatic heterocycles. The Morgan fingerprint density at radius 3 is 1.13 bits per heavy atom. The summed E-state index contributed by atoms with van der Waals surface area (Å²) in [6, 6.07) is 0. The molecule has 0 fully saturated rings. The van der Waals surface area contributed by atoms with Gasteiger partial charge in [-0.25, -0.2) is 0 Å². The molecule has 0 aromatic rings. The van der Waals surface area contributed by atoms with Crippen molar-refractivity contribution >= 4 is 16.1 Å². The molecule has 0 saturated heterocycles. The maximum Gasteiger partial charge on any atom is 0.0785 e. The molecule has 3 heteroatoms. The summed E-state index contributed by atoms with van der Waals surface area (Å²) in [5.41, 5.74) is 1.07. The van der Waals surface area contributed by atoms with E-state index in [0.29, 0.717) is 11.5 Å². The Morgan fingerprint density at radius 2 is 1.00 bits per heavy atom. The first-order valence-corrected chi connectivity index (χ1v) is 13.4. The lowest BCUT2D eigenvalue weighted by molar-refractivity contribution is 0.0634. The van der Waals surface area contributed by atoms with E-state index in [1.54, 1.807) is 0 Å². The summed E-state index contributed by atoms with van der Waals surface area (Å²) >= 11 is 0. The van der Waals surface area contributed by atoms with Gasteiger partial charge in [0.15, 0.2) is 0 Å². The minimum Gasteiger partial charge on any atom is -0.382 e. The summed E-state index contributed by atoms with van der Waals surface area (Å²) in [7, 11) is -2.29. The van der Waals surface area contributed by atoms with Crippen molar-refractivity contribution in [3.05, 3.63) is 0 Å². The second-order valence-electron chi connectivity index (χ2n) is 6.66. The number of ether oxygens (including phenoxy) is 1. The van der Waals surface area contributed by atoms with Gasteiger partial charge in [-0.1, -0.05) is 53.1 Å². The van der Waals surface area contributed by atoms with Gasteiger partial charge in [0.25, 0.3) is 0 Å². The highest BCUT2D eigenvalue weighted by Crippen LogP contribution is 2.22. The largest absolute Gasteiger partial charge is 0.382 e. The predicted octanol–water partition coefficient (Wildman–Crippen LogP) is 4.32. The van der Waals surface area contributed by atoms with Crippen molar-refractivity contribution in [2.24, 2.45) is 0 Å². The molecule has 0 spiro atoms. The van der Waals surface area contributed by atoms with Gasteiger partial charge in [-0.05, 0) is 12.8 Å². The molecular formula is C12H30OSi2. The normalized spacial score (nSPS) is 17.6. The summed E-state index contributed by atoms with van der Waals surface area (Å²) in [5.74, 6) is 0. The highest BCUT2D eigenvalue weighted by molar-refractivity contribution is 6.78. The van der Waals surface area contributed by atoms with Crippen LogP contribution in [0, 0.1) is 0 Å². The van der Waals surface area contributed by atoms with Gasteiger partial charge in [0.05, 0.1) is 16.1 Å². The molecule has 1 nitrogen and oxygen atoms in total. The molecule has 0 aromatic carbocycles. The Bertz CT molecular complexity index is 159. The van der Waals surface area contributed by atoms with Gasteiger partial charge in [-0.15, -0.1) is 0 Å². The Kier molecular flexibility index (Phi) is 5.79. The quantitative estimate of drug-likeness (QED) is 0.634. The average Bonchev–Trinajstić information content (AvgIpc) is 2.01. The molecular weight excluding hydrogens is 216 g/mol. The van der Waals surface area contributed by atoms with Crippen LogP contribution in [0.2, 0.25) is 39.3 Å². The lowest BCUT2D eigenvalue weighted by Gasteiger charge is -2.36. The Morgan fingerprint density at radius 1 is 0.733 bits per heavy atom. The molecule has 0 aliphatic rings. The Hall–Kier alpha value is 0.394. The third kappa shape index (κ3) is 5.32. The van der Waals surface area contributed by atoms with Crippen molar-refractivity contribution in [1.29, 1.82) is 0 Å². The van der Waals surface area contributed by atoms with E-state index in [-0.39, 0.29) is 0 Å². The second kappa shape index (κ2) is 5.64. The zero-order valence-corrected chi connectivity index (χ0v) is 14.0. The topological polar surface area (TPSA) is 9.23 Å². The van der Waals surface area contributed by atoms with Gasteiger partial charge in [0, 0.05) is 11.5 Å². The van der Waals surface area contributed by atoms with E-state index in [4.69, 9.17) is 4.74 Å². The standard InChI is InChI=1S/C12H30OSi2/c1-9-11(14(3,4)5)13-12(10-2)15(6,7)8/h11-12H,9-10H2,1-8H3. The van der Waals surface area contributed by atoms with Crippen molar-refractivity contribution < 1.29 is 4.74 Å². The molecule has 0 bridgehead atoms. The van der Waals surface area contributed by atoms with Crippen LogP contribution in [-0.4, -0.2) is 27.6 Å². The first kappa shape index (κ1) is 15.4. The van der Waals surface area contributed by atoms with Crippen LogP contribution in [0.15, 0.2) is 0 Å². The molecule has 15 heavy (non-hydrogen) atoms. The summed E-state index contributed by atoms with van der Waals surface area (Å²) in [4.78, 5) is 0. The average molecular weight is 247 g/mol. The molecule has 0 N–H and O–H groups in total. The van der Waals surface area contributed by atoms with Crippen LogP contribution in [0.4, 0.5) is 0 Å². The maximum absolute atomic E-state index is 6.40. The van der Waals surface area contributed by atoms with Gasteiger partial charge in [-0.3, -0.25) is 0 Å². The van der Waals surface area contributed by atoms with Crippen LogP contribution in [0.1, 0.15) is 26.7 Å². The third-order valence-corrected chi connectivity index (χ3v) is 7.95. The highest BCUT2D eigenvalue weighted by Gasteiger charge is 2.33. The van der Waals surface area contributed by atoms with Crippen LogP contribution < -0.4 is 0 Å². The predicted molar refractivity (Wildman–Crippen MR) is 75.9 cm³/mol. The first-order chi connectivity index (χ1) is 6.62. The van der Waals surface area contributed by atoms with Crippen molar-refractivity contribution in [3.8, 4) is 0 Å². The first-order valence-electron chi connectivity index (χ1n) is 6.28. The van der Waals surface area contributed by atoms with Crippen molar-refractivity contribution in [1.82, 2.24) is 0 Å². The number of rotatable bonds is 6. The summed E-state index contributed by atoms with van der Waals surface area (Å²) in [6.07, 6.45) is 2.35. The Labute approximate surface area is 98.6 Å². The highest BCUT2D eigenvalue weighted by atomic mass is 28.3. The minimum absolute atomic E-state index is 0.536. The smallest absolute Gasteiger partial charge is 0.0785 e. The lowest BCUT2D eigenvalue weighted by Crippen LogP contribution is -2.48. The summed E-state index contributed by atoms with van der Waals surface area (Å²) < 4.78 is 6.40. The van der Waals surface area contributed by atoms with E-state index >= 15 is 0 Å². The maximum atomic E-state index is 6.40. The van der Waals surface area contributed by atoms with E-state index in [0.717, 1.165) is 0 Å². The van der Waals surface area contributed by atoms with Crippen molar-refractivity contribution in [2.75, 3.05) is 0 Å². The van der Waals surface area contributed by atoms with Crippen LogP contribution in [0.25, 0.3) is 0 Å². The van der Waals surface area contributed by atoms with Crippen LogP contribution in [0.3, 0.4) is 0 Å². The van der Waals surface area contributed by atoms with Gasteiger partial charge in [0.2, 0.25) is 0 Å². The Balaban J connectivity index is 4.52. The van der Waals surface area contributed by atoms with Crippen molar-refractivity contribution in [3.63, 3.8) is 0 Å². The number of hydrogen-bond donors (Lipinski definition) is 0. The molecule has 0 rings (SSSR count). The zero-order valence-electron chi connectivity index (χ0n) is 12.0. The molecule has 0 radical (unpaired) electrons. The van der Waals surface area contributed by atoms with Crippen LogP contribution in [-0.2, 0) is 4.74 Å². The van der Waals surface area contributed by atoms with Crippen LogP contribution >= 0.6 is 0 Å². The zero-order chi connectivity index (χ0) is 12.3. The molecule has 0 saturated carbocycles. The summed E-state index contributed by atoms with van der Waals surface area (Å²) in [6.45, 7) is 19.0. The SMILES string of the molecule is CCC(OC(CC)[Si](C)(C)C)[Si](C)(C)C. The fraction of sp³-hybridized carbons (Fsp3) is 1.00.